The molecule has 2 amide bonds. The summed E-state index contributed by atoms with van der Waals surface area (Å²) in [4.78, 5) is 11.9. The molecular weight excluding hydrogens is 308 g/mol. The second-order valence-corrected chi connectivity index (χ2v) is 5.77. The van der Waals surface area contributed by atoms with E-state index in [1.807, 2.05) is 60.8 Å². The lowest BCUT2D eigenvalue weighted by Crippen LogP contribution is -2.28. The smallest absolute Gasteiger partial charge is 0.319 e. The molecule has 2 N–H and O–H groups in total. The van der Waals surface area contributed by atoms with Crippen LogP contribution in [0, 0.1) is 6.92 Å². The third-order valence-electron chi connectivity index (χ3n) is 3.37. The highest BCUT2D eigenvalue weighted by molar-refractivity contribution is 7.03. The molecule has 1 aromatic heterocycles. The van der Waals surface area contributed by atoms with E-state index in [0.717, 1.165) is 22.5 Å². The van der Waals surface area contributed by atoms with Gasteiger partial charge in [0.25, 0.3) is 0 Å². The molecule has 0 aliphatic rings. The summed E-state index contributed by atoms with van der Waals surface area (Å²) < 4.78 is 3.84. The first-order chi connectivity index (χ1) is 11.2. The van der Waals surface area contributed by atoms with Gasteiger partial charge >= 0.3 is 6.03 Å². The van der Waals surface area contributed by atoms with Crippen molar-refractivity contribution in [2.24, 2.45) is 0 Å². The summed E-state index contributed by atoms with van der Waals surface area (Å²) in [6, 6.07) is 15.4. The molecule has 2 aromatic carbocycles. The van der Waals surface area contributed by atoms with Crippen molar-refractivity contribution >= 4 is 23.3 Å². The van der Waals surface area contributed by atoms with Crippen LogP contribution in [0.3, 0.4) is 0 Å². The van der Waals surface area contributed by atoms with E-state index >= 15 is 0 Å². The Kier molecular flexibility index (Phi) is 4.63. The number of aryl methyl sites for hydroxylation is 1. The predicted octanol–water partition coefficient (Wildman–Crippen LogP) is 3.84. The van der Waals surface area contributed by atoms with Crippen molar-refractivity contribution in [2.75, 3.05) is 5.32 Å². The summed E-state index contributed by atoms with van der Waals surface area (Å²) in [5, 5.41) is 11.6. The number of amides is 2. The van der Waals surface area contributed by atoms with Crippen molar-refractivity contribution in [3.8, 4) is 11.3 Å². The van der Waals surface area contributed by atoms with Gasteiger partial charge in [0.2, 0.25) is 0 Å². The Bertz CT molecular complexity index is 767. The van der Waals surface area contributed by atoms with Gasteiger partial charge in [0.05, 0.1) is 0 Å². The minimum Gasteiger partial charge on any atom is -0.334 e. The van der Waals surface area contributed by atoms with Gasteiger partial charge in [-0.05, 0) is 36.2 Å². The first kappa shape index (κ1) is 15.2. The second kappa shape index (κ2) is 7.02. The highest BCUT2D eigenvalue weighted by Crippen LogP contribution is 2.19. The van der Waals surface area contributed by atoms with E-state index in [-0.39, 0.29) is 6.03 Å². The van der Waals surface area contributed by atoms with Crippen LogP contribution in [0.15, 0.2) is 53.9 Å². The van der Waals surface area contributed by atoms with Crippen LogP contribution in [0.5, 0.6) is 0 Å². The van der Waals surface area contributed by atoms with Gasteiger partial charge in [-0.15, -0.1) is 5.10 Å². The van der Waals surface area contributed by atoms with E-state index in [2.05, 4.69) is 20.2 Å². The van der Waals surface area contributed by atoms with Crippen molar-refractivity contribution in [2.45, 2.75) is 13.5 Å². The lowest BCUT2D eigenvalue weighted by atomic mass is 10.1. The molecule has 0 fully saturated rings. The number of nitrogens with zero attached hydrogens (tertiary/aromatic N) is 2. The lowest BCUT2D eigenvalue weighted by molar-refractivity contribution is 0.251. The molecule has 116 valence electrons. The largest absolute Gasteiger partial charge is 0.334 e. The van der Waals surface area contributed by atoms with E-state index in [0.29, 0.717) is 6.54 Å². The number of benzene rings is 2. The van der Waals surface area contributed by atoms with Crippen molar-refractivity contribution < 1.29 is 4.79 Å². The lowest BCUT2D eigenvalue weighted by Gasteiger charge is -2.08. The number of hydrogen-bond donors (Lipinski definition) is 2. The molecule has 0 spiro atoms. The van der Waals surface area contributed by atoms with Crippen LogP contribution in [0.1, 0.15) is 11.1 Å². The minimum atomic E-state index is -0.228. The van der Waals surface area contributed by atoms with Gasteiger partial charge < -0.3 is 10.6 Å². The Morgan fingerprint density at radius 2 is 1.83 bits per heavy atom. The Hall–Kier alpha value is -2.73. The van der Waals surface area contributed by atoms with Gasteiger partial charge in [-0.2, -0.15) is 0 Å². The molecule has 0 unspecified atom stereocenters. The van der Waals surface area contributed by atoms with Crippen molar-refractivity contribution in [1.82, 2.24) is 14.9 Å². The molecule has 0 bridgehead atoms. The SMILES string of the molecule is Cc1ccc(CNC(=O)Nc2ccc(-c3csnn3)cc2)cc1. The number of anilines is 1. The van der Waals surface area contributed by atoms with Crippen LogP contribution in [-0.4, -0.2) is 15.6 Å². The molecule has 6 heteroatoms. The van der Waals surface area contributed by atoms with E-state index in [1.165, 1.54) is 17.1 Å². The zero-order chi connectivity index (χ0) is 16.1. The van der Waals surface area contributed by atoms with Gasteiger partial charge in [-0.25, -0.2) is 4.79 Å². The molecule has 23 heavy (non-hydrogen) atoms. The van der Waals surface area contributed by atoms with Crippen LogP contribution in [0.25, 0.3) is 11.3 Å². The fraction of sp³-hybridized carbons (Fsp3) is 0.118. The Labute approximate surface area is 138 Å². The second-order valence-electron chi connectivity index (χ2n) is 5.16. The molecule has 0 aliphatic heterocycles. The fourth-order valence-corrected chi connectivity index (χ4v) is 2.54. The van der Waals surface area contributed by atoms with E-state index in [1.54, 1.807) is 0 Å². The molecule has 3 rings (SSSR count). The molecule has 0 saturated heterocycles. The van der Waals surface area contributed by atoms with Crippen LogP contribution >= 0.6 is 11.5 Å². The molecule has 0 atom stereocenters. The predicted molar refractivity (Wildman–Crippen MR) is 92.4 cm³/mol. The number of carbonyl (C=O) groups is 1. The maximum Gasteiger partial charge on any atom is 0.319 e. The number of aromatic nitrogens is 2. The van der Waals surface area contributed by atoms with Crippen molar-refractivity contribution in [1.29, 1.82) is 0 Å². The molecular formula is C17H16N4OS. The third kappa shape index (κ3) is 4.14. The number of carbonyl (C=O) groups excluding carboxylic acids is 1. The molecule has 3 aromatic rings. The average Bonchev–Trinajstić information content (AvgIpc) is 3.09. The van der Waals surface area contributed by atoms with E-state index < -0.39 is 0 Å². The molecule has 0 aliphatic carbocycles. The quantitative estimate of drug-likeness (QED) is 0.766. The van der Waals surface area contributed by atoms with Gasteiger partial charge in [0.1, 0.15) is 5.69 Å². The van der Waals surface area contributed by atoms with Gasteiger partial charge in [-0.3, -0.25) is 0 Å². The monoisotopic (exact) mass is 324 g/mol. The van der Waals surface area contributed by atoms with Crippen LogP contribution < -0.4 is 10.6 Å². The maximum absolute atomic E-state index is 11.9. The Morgan fingerprint density at radius 1 is 1.09 bits per heavy atom. The first-order valence-corrected chi connectivity index (χ1v) is 8.02. The summed E-state index contributed by atoms with van der Waals surface area (Å²) >= 11 is 1.31. The zero-order valence-electron chi connectivity index (χ0n) is 12.6. The minimum absolute atomic E-state index is 0.228. The average molecular weight is 324 g/mol. The van der Waals surface area contributed by atoms with Gasteiger partial charge in [-0.1, -0.05) is 46.4 Å². The number of nitrogens with one attached hydrogen (secondary N) is 2. The molecule has 1 heterocycles. The topological polar surface area (TPSA) is 66.9 Å². The summed E-state index contributed by atoms with van der Waals surface area (Å²) in [5.74, 6) is 0. The number of hydrogen-bond acceptors (Lipinski definition) is 4. The van der Waals surface area contributed by atoms with E-state index in [9.17, 15) is 4.79 Å². The zero-order valence-corrected chi connectivity index (χ0v) is 13.4. The third-order valence-corrected chi connectivity index (χ3v) is 3.88. The maximum atomic E-state index is 11.9. The summed E-state index contributed by atoms with van der Waals surface area (Å²) in [7, 11) is 0. The van der Waals surface area contributed by atoms with Crippen LogP contribution in [-0.2, 0) is 6.54 Å². The Morgan fingerprint density at radius 3 is 2.48 bits per heavy atom. The first-order valence-electron chi connectivity index (χ1n) is 7.18. The van der Waals surface area contributed by atoms with Gasteiger partial charge in [0, 0.05) is 23.2 Å². The highest BCUT2D eigenvalue weighted by Gasteiger charge is 2.04. The summed E-state index contributed by atoms with van der Waals surface area (Å²) in [6.45, 7) is 2.53. The molecule has 0 saturated carbocycles. The normalized spacial score (nSPS) is 10.3. The molecule has 0 radical (unpaired) electrons. The van der Waals surface area contributed by atoms with E-state index in [4.69, 9.17) is 0 Å². The number of rotatable bonds is 4. The van der Waals surface area contributed by atoms with Crippen molar-refractivity contribution in [3.05, 3.63) is 65.0 Å². The molecule has 5 nitrogen and oxygen atoms in total. The summed E-state index contributed by atoms with van der Waals surface area (Å²) in [5.41, 5.74) is 4.82. The number of urea groups is 1. The van der Waals surface area contributed by atoms with Crippen LogP contribution in [0.2, 0.25) is 0 Å². The highest BCUT2D eigenvalue weighted by atomic mass is 32.1. The standard InChI is InChI=1S/C17H16N4OS/c1-12-2-4-13(5-3-12)10-18-17(22)19-15-8-6-14(7-9-15)16-11-23-21-20-16/h2-9,11H,10H2,1H3,(H2,18,19,22). The van der Waals surface area contributed by atoms with Gasteiger partial charge in [0.15, 0.2) is 0 Å². The fourth-order valence-electron chi connectivity index (χ4n) is 2.08. The Balaban J connectivity index is 1.54. The van der Waals surface area contributed by atoms with Crippen molar-refractivity contribution in [3.63, 3.8) is 0 Å². The summed E-state index contributed by atoms with van der Waals surface area (Å²) in [6.07, 6.45) is 0. The van der Waals surface area contributed by atoms with Crippen LogP contribution in [0.4, 0.5) is 10.5 Å².